The van der Waals surface area contributed by atoms with E-state index in [9.17, 15) is 4.79 Å². The topological polar surface area (TPSA) is 66.5 Å². The summed E-state index contributed by atoms with van der Waals surface area (Å²) in [4.78, 5) is 17.0. The number of hydrogen-bond acceptors (Lipinski definition) is 5. The summed E-state index contributed by atoms with van der Waals surface area (Å²) in [6.07, 6.45) is 8.94. The molecule has 2 heterocycles. The van der Waals surface area contributed by atoms with Crippen molar-refractivity contribution in [3.63, 3.8) is 0 Å². The Morgan fingerprint density at radius 2 is 1.85 bits per heavy atom. The summed E-state index contributed by atoms with van der Waals surface area (Å²) in [6.45, 7) is 1.93. The number of aromatic nitrogens is 2. The van der Waals surface area contributed by atoms with Crippen molar-refractivity contribution in [1.82, 2.24) is 9.55 Å². The number of carbonyl (C=O) groups excluding carboxylic acids is 1. The van der Waals surface area contributed by atoms with Gasteiger partial charge in [0, 0.05) is 36.4 Å². The lowest BCUT2D eigenvalue weighted by molar-refractivity contribution is -0.144. The Morgan fingerprint density at radius 3 is 2.56 bits per heavy atom. The molecule has 4 aromatic rings. The van der Waals surface area contributed by atoms with Crippen LogP contribution in [0.25, 0.3) is 17.5 Å². The highest BCUT2D eigenvalue weighted by Gasteiger charge is 2.21. The molecule has 2 aromatic carbocycles. The number of carbonyl (C=O) groups is 1. The number of rotatable bonds is 9. The van der Waals surface area contributed by atoms with Gasteiger partial charge in [-0.15, -0.1) is 0 Å². The average Bonchev–Trinajstić information content (AvgIpc) is 3.53. The highest BCUT2D eigenvalue weighted by atomic mass is 16.5. The van der Waals surface area contributed by atoms with Crippen molar-refractivity contribution in [2.75, 3.05) is 14.2 Å². The monoisotopic (exact) mass is 456 g/mol. The molecule has 0 saturated heterocycles. The van der Waals surface area contributed by atoms with Crippen molar-refractivity contribution < 1.29 is 18.7 Å². The van der Waals surface area contributed by atoms with E-state index >= 15 is 0 Å². The summed E-state index contributed by atoms with van der Waals surface area (Å²) in [7, 11) is 3.06. The molecule has 174 valence electrons. The minimum atomic E-state index is -0.431. The zero-order valence-corrected chi connectivity index (χ0v) is 19.6. The molecule has 0 aliphatic carbocycles. The molecule has 0 fully saturated rings. The molecule has 0 aliphatic rings. The van der Waals surface area contributed by atoms with E-state index in [1.54, 1.807) is 7.11 Å². The predicted molar refractivity (Wildman–Crippen MR) is 132 cm³/mol. The molecule has 0 bridgehead atoms. The first-order valence-corrected chi connectivity index (χ1v) is 11.1. The molecule has 0 aliphatic heterocycles. The molecule has 1 atom stereocenters. The largest absolute Gasteiger partial charge is 0.496 e. The fourth-order valence-electron chi connectivity index (χ4n) is 3.86. The summed E-state index contributed by atoms with van der Waals surface area (Å²) in [5.74, 6) is 1.90. The standard InChI is InChI=1S/C28H28N2O4/c1-20-24(29-27(34-20)23-10-5-4-6-11-23)13-9-12-22-15-14-21(19-26(22)32-2)18-25(28(31)33-3)30-16-7-8-17-30/h4-12,14-17,19,25H,13,18H2,1-3H3/b12-9+. The van der Waals surface area contributed by atoms with E-state index in [4.69, 9.17) is 13.9 Å². The third kappa shape index (κ3) is 5.29. The van der Waals surface area contributed by atoms with Crippen molar-refractivity contribution in [2.24, 2.45) is 0 Å². The van der Waals surface area contributed by atoms with Crippen LogP contribution in [0.2, 0.25) is 0 Å². The lowest BCUT2D eigenvalue weighted by Gasteiger charge is -2.17. The Balaban J connectivity index is 1.48. The fourth-order valence-corrected chi connectivity index (χ4v) is 3.86. The Labute approximate surface area is 199 Å². The first kappa shape index (κ1) is 23.1. The Kier molecular flexibility index (Phi) is 7.28. The number of esters is 1. The lowest BCUT2D eigenvalue weighted by atomic mass is 10.0. The average molecular weight is 457 g/mol. The van der Waals surface area contributed by atoms with Gasteiger partial charge in [0.2, 0.25) is 5.89 Å². The third-order valence-corrected chi connectivity index (χ3v) is 5.71. The SMILES string of the molecule is COC(=O)C(Cc1ccc(/C=C/Cc2nc(-c3ccccc3)oc2C)c(OC)c1)n1cccc1. The molecule has 0 radical (unpaired) electrons. The number of aryl methyl sites for hydroxylation is 1. The predicted octanol–water partition coefficient (Wildman–Crippen LogP) is 5.67. The third-order valence-electron chi connectivity index (χ3n) is 5.71. The van der Waals surface area contributed by atoms with E-state index in [1.165, 1.54) is 7.11 Å². The van der Waals surface area contributed by atoms with Gasteiger partial charge >= 0.3 is 5.97 Å². The van der Waals surface area contributed by atoms with Crippen LogP contribution in [-0.2, 0) is 22.4 Å². The van der Waals surface area contributed by atoms with Crippen LogP contribution < -0.4 is 4.74 Å². The zero-order valence-electron chi connectivity index (χ0n) is 19.6. The van der Waals surface area contributed by atoms with E-state index in [1.807, 2.05) is 96.7 Å². The molecular weight excluding hydrogens is 428 g/mol. The first-order valence-electron chi connectivity index (χ1n) is 11.1. The molecule has 2 aromatic heterocycles. The summed E-state index contributed by atoms with van der Waals surface area (Å²) >= 11 is 0. The van der Waals surface area contributed by atoms with Gasteiger partial charge in [-0.1, -0.05) is 42.5 Å². The fraction of sp³-hybridized carbons (Fsp3) is 0.214. The smallest absolute Gasteiger partial charge is 0.329 e. The molecule has 6 heteroatoms. The van der Waals surface area contributed by atoms with Crippen molar-refractivity contribution in [2.45, 2.75) is 25.8 Å². The van der Waals surface area contributed by atoms with Gasteiger partial charge in [-0.25, -0.2) is 9.78 Å². The van der Waals surface area contributed by atoms with Gasteiger partial charge in [-0.2, -0.15) is 0 Å². The van der Waals surface area contributed by atoms with E-state index in [-0.39, 0.29) is 5.97 Å². The van der Waals surface area contributed by atoms with Crippen LogP contribution in [-0.4, -0.2) is 29.7 Å². The Morgan fingerprint density at radius 1 is 1.09 bits per heavy atom. The van der Waals surface area contributed by atoms with Gasteiger partial charge in [-0.05, 0) is 42.8 Å². The minimum absolute atomic E-state index is 0.281. The molecular formula is C28H28N2O4. The second-order valence-electron chi connectivity index (χ2n) is 7.94. The van der Waals surface area contributed by atoms with Crippen LogP contribution in [0.1, 0.15) is 28.6 Å². The molecule has 0 amide bonds. The minimum Gasteiger partial charge on any atom is -0.496 e. The molecule has 1 unspecified atom stereocenters. The van der Waals surface area contributed by atoms with Crippen molar-refractivity contribution >= 4 is 12.0 Å². The molecule has 34 heavy (non-hydrogen) atoms. The van der Waals surface area contributed by atoms with Crippen LogP contribution in [0, 0.1) is 6.92 Å². The van der Waals surface area contributed by atoms with Gasteiger partial charge in [0.15, 0.2) is 0 Å². The molecule has 6 nitrogen and oxygen atoms in total. The Hall–Kier alpha value is -4.06. The number of nitrogens with zero attached hydrogens (tertiary/aromatic N) is 2. The van der Waals surface area contributed by atoms with E-state index in [0.717, 1.165) is 33.9 Å². The van der Waals surface area contributed by atoms with Crippen LogP contribution >= 0.6 is 0 Å². The van der Waals surface area contributed by atoms with Gasteiger partial charge in [-0.3, -0.25) is 0 Å². The highest BCUT2D eigenvalue weighted by Crippen LogP contribution is 2.26. The van der Waals surface area contributed by atoms with Crippen LogP contribution in [0.3, 0.4) is 0 Å². The maximum atomic E-state index is 12.3. The van der Waals surface area contributed by atoms with Gasteiger partial charge in [0.05, 0.1) is 19.9 Å². The number of oxazole rings is 1. The summed E-state index contributed by atoms with van der Waals surface area (Å²) in [5.41, 5.74) is 3.80. The normalized spacial score (nSPS) is 12.1. The number of allylic oxidation sites excluding steroid dienone is 1. The van der Waals surface area contributed by atoms with E-state index in [2.05, 4.69) is 4.98 Å². The molecule has 0 saturated carbocycles. The van der Waals surface area contributed by atoms with Gasteiger partial charge in [0.1, 0.15) is 17.6 Å². The quantitative estimate of drug-likeness (QED) is 0.304. The maximum absolute atomic E-state index is 12.3. The molecule has 0 N–H and O–H groups in total. The number of hydrogen-bond donors (Lipinski definition) is 0. The number of benzene rings is 2. The lowest BCUT2D eigenvalue weighted by Crippen LogP contribution is -2.22. The molecule has 4 rings (SSSR count). The van der Waals surface area contributed by atoms with E-state index < -0.39 is 6.04 Å². The van der Waals surface area contributed by atoms with Crippen molar-refractivity contribution in [3.05, 3.63) is 102 Å². The van der Waals surface area contributed by atoms with Crippen molar-refractivity contribution in [1.29, 1.82) is 0 Å². The Bertz CT molecular complexity index is 1260. The van der Waals surface area contributed by atoms with Crippen LogP contribution in [0.4, 0.5) is 0 Å². The number of methoxy groups -OCH3 is 2. The first-order chi connectivity index (χ1) is 16.6. The van der Waals surface area contributed by atoms with Gasteiger partial charge < -0.3 is 18.5 Å². The highest BCUT2D eigenvalue weighted by molar-refractivity contribution is 5.74. The molecule has 0 spiro atoms. The summed E-state index contributed by atoms with van der Waals surface area (Å²) in [5, 5.41) is 0. The van der Waals surface area contributed by atoms with Crippen molar-refractivity contribution in [3.8, 4) is 17.2 Å². The summed E-state index contributed by atoms with van der Waals surface area (Å²) < 4.78 is 18.3. The zero-order chi connectivity index (χ0) is 23.9. The van der Waals surface area contributed by atoms with Crippen LogP contribution in [0.5, 0.6) is 5.75 Å². The number of ether oxygens (including phenoxy) is 2. The maximum Gasteiger partial charge on any atom is 0.329 e. The van der Waals surface area contributed by atoms with Gasteiger partial charge in [0.25, 0.3) is 0 Å². The second kappa shape index (κ2) is 10.7. The second-order valence-corrected chi connectivity index (χ2v) is 7.94. The van der Waals surface area contributed by atoms with Crippen LogP contribution in [0.15, 0.2) is 83.6 Å². The summed E-state index contributed by atoms with van der Waals surface area (Å²) in [6, 6.07) is 19.2. The van der Waals surface area contributed by atoms with E-state index in [0.29, 0.717) is 18.7 Å².